The van der Waals surface area contributed by atoms with E-state index in [0.717, 1.165) is 6.42 Å². The lowest BCUT2D eigenvalue weighted by atomic mass is 9.91. The number of nitrogens with one attached hydrogen (secondary N) is 1. The number of hydrogen-bond acceptors (Lipinski definition) is 5. The third-order valence-corrected chi connectivity index (χ3v) is 6.66. The molecule has 1 saturated heterocycles. The molecule has 1 N–H and O–H groups in total. The molecular formula is C20H30N2O5S. The largest absolute Gasteiger partial charge is 0.486 e. The van der Waals surface area contributed by atoms with Crippen molar-refractivity contribution in [1.82, 2.24) is 9.62 Å². The number of ether oxygens (including phenoxy) is 2. The first kappa shape index (κ1) is 20.9. The molecule has 0 aromatic heterocycles. The summed E-state index contributed by atoms with van der Waals surface area (Å²) in [5.74, 6) is 1.42. The van der Waals surface area contributed by atoms with E-state index in [1.165, 1.54) is 12.1 Å². The first-order chi connectivity index (χ1) is 13.2. The van der Waals surface area contributed by atoms with Gasteiger partial charge in [0.2, 0.25) is 15.9 Å². The van der Waals surface area contributed by atoms with Crippen molar-refractivity contribution in [2.75, 3.05) is 26.3 Å². The topological polar surface area (TPSA) is 84.9 Å². The maximum Gasteiger partial charge on any atom is 0.241 e. The summed E-state index contributed by atoms with van der Waals surface area (Å²) in [5, 5.41) is 0. The Morgan fingerprint density at radius 1 is 1.11 bits per heavy atom. The number of benzene rings is 1. The molecule has 3 rings (SSSR count). The maximum absolute atomic E-state index is 13.1. The van der Waals surface area contributed by atoms with E-state index < -0.39 is 16.1 Å². The molecule has 2 heterocycles. The zero-order chi connectivity index (χ0) is 20.5. The number of rotatable bonds is 5. The molecule has 28 heavy (non-hydrogen) atoms. The Kier molecular flexibility index (Phi) is 6.19. The predicted molar refractivity (Wildman–Crippen MR) is 106 cm³/mol. The Balaban J connectivity index is 1.80. The average Bonchev–Trinajstić information content (AvgIpc) is 2.64. The van der Waals surface area contributed by atoms with Crippen molar-refractivity contribution in [1.29, 1.82) is 0 Å². The van der Waals surface area contributed by atoms with E-state index in [9.17, 15) is 13.2 Å². The van der Waals surface area contributed by atoms with Crippen molar-refractivity contribution in [3.05, 3.63) is 18.2 Å². The Hall–Kier alpha value is -1.80. The Bertz CT molecular complexity index is 814. The number of sulfonamides is 1. The van der Waals surface area contributed by atoms with Crippen molar-refractivity contribution in [3.63, 3.8) is 0 Å². The molecule has 156 valence electrons. The Labute approximate surface area is 167 Å². The third-order valence-electron chi connectivity index (χ3n) is 5.22. The number of piperidine rings is 1. The number of nitrogens with zero attached hydrogens (tertiary/aromatic N) is 1. The summed E-state index contributed by atoms with van der Waals surface area (Å²) in [4.78, 5) is 15.0. The maximum atomic E-state index is 13.1. The lowest BCUT2D eigenvalue weighted by Gasteiger charge is -2.37. The highest BCUT2D eigenvalue weighted by atomic mass is 32.2. The van der Waals surface area contributed by atoms with Gasteiger partial charge in [-0.05, 0) is 36.3 Å². The second-order valence-electron chi connectivity index (χ2n) is 8.34. The van der Waals surface area contributed by atoms with Crippen LogP contribution in [0.5, 0.6) is 11.5 Å². The first-order valence-electron chi connectivity index (χ1n) is 9.88. The van der Waals surface area contributed by atoms with Crippen LogP contribution in [0.25, 0.3) is 0 Å². The van der Waals surface area contributed by atoms with Gasteiger partial charge in [-0.1, -0.05) is 27.7 Å². The fourth-order valence-corrected chi connectivity index (χ4v) is 5.29. The van der Waals surface area contributed by atoms with Crippen molar-refractivity contribution in [2.45, 2.75) is 45.1 Å². The minimum atomic E-state index is -3.88. The molecule has 0 aliphatic carbocycles. The van der Waals surface area contributed by atoms with Gasteiger partial charge in [0.05, 0.1) is 4.90 Å². The molecule has 1 aromatic carbocycles. The summed E-state index contributed by atoms with van der Waals surface area (Å²) in [6, 6.07) is 3.70. The lowest BCUT2D eigenvalue weighted by Crippen LogP contribution is -2.54. The highest BCUT2D eigenvalue weighted by Crippen LogP contribution is 2.32. The van der Waals surface area contributed by atoms with Gasteiger partial charge in [0.25, 0.3) is 0 Å². The Morgan fingerprint density at radius 3 is 2.32 bits per heavy atom. The fourth-order valence-electron chi connectivity index (χ4n) is 3.94. The van der Waals surface area contributed by atoms with E-state index in [-0.39, 0.29) is 16.7 Å². The van der Waals surface area contributed by atoms with Crippen molar-refractivity contribution >= 4 is 15.9 Å². The normalized spacial score (nSPS) is 23.5. The van der Waals surface area contributed by atoms with Crippen LogP contribution in [0, 0.1) is 17.8 Å². The second kappa shape index (κ2) is 8.29. The van der Waals surface area contributed by atoms with Gasteiger partial charge < -0.3 is 14.4 Å². The van der Waals surface area contributed by atoms with Gasteiger partial charge in [0.15, 0.2) is 11.5 Å². The zero-order valence-electron chi connectivity index (χ0n) is 17.0. The van der Waals surface area contributed by atoms with E-state index in [1.807, 2.05) is 13.8 Å². The summed E-state index contributed by atoms with van der Waals surface area (Å²) >= 11 is 0. The monoisotopic (exact) mass is 410 g/mol. The minimum Gasteiger partial charge on any atom is -0.486 e. The van der Waals surface area contributed by atoms with Crippen LogP contribution < -0.4 is 14.2 Å². The van der Waals surface area contributed by atoms with Crippen LogP contribution in [0.2, 0.25) is 0 Å². The summed E-state index contributed by atoms with van der Waals surface area (Å²) in [6.45, 7) is 10.1. The molecule has 7 nitrogen and oxygen atoms in total. The van der Waals surface area contributed by atoms with E-state index in [0.29, 0.717) is 49.6 Å². The molecule has 0 bridgehead atoms. The molecule has 0 spiro atoms. The van der Waals surface area contributed by atoms with Crippen LogP contribution in [-0.2, 0) is 14.8 Å². The quantitative estimate of drug-likeness (QED) is 0.805. The summed E-state index contributed by atoms with van der Waals surface area (Å²) in [5.41, 5.74) is 0. The standard InChI is InChI=1S/C20H30N2O5S/c1-13(2)19(20(23)22-11-14(3)9-15(4)12-22)21-28(24,25)16-5-6-17-18(10-16)27-8-7-26-17/h5-6,10,13-15,19,21H,7-9,11-12H2,1-4H3/t14-,15-,19-/m1/s1. The van der Waals surface area contributed by atoms with Crippen molar-refractivity contribution in [2.24, 2.45) is 17.8 Å². The number of likely N-dealkylation sites (tertiary alicyclic amines) is 1. The van der Waals surface area contributed by atoms with Gasteiger partial charge in [-0.2, -0.15) is 4.72 Å². The molecule has 0 radical (unpaired) electrons. The summed E-state index contributed by atoms with van der Waals surface area (Å²) < 4.78 is 39.5. The van der Waals surface area contributed by atoms with Gasteiger partial charge in [0.1, 0.15) is 19.3 Å². The minimum absolute atomic E-state index is 0.0654. The van der Waals surface area contributed by atoms with Gasteiger partial charge in [-0.15, -0.1) is 0 Å². The first-order valence-corrected chi connectivity index (χ1v) is 11.4. The number of fused-ring (bicyclic) bond motifs is 1. The number of amides is 1. The second-order valence-corrected chi connectivity index (χ2v) is 10.1. The Morgan fingerprint density at radius 2 is 1.71 bits per heavy atom. The highest BCUT2D eigenvalue weighted by Gasteiger charge is 2.35. The third kappa shape index (κ3) is 4.60. The van der Waals surface area contributed by atoms with E-state index in [2.05, 4.69) is 18.6 Å². The molecule has 1 fully saturated rings. The van der Waals surface area contributed by atoms with Crippen LogP contribution in [0.1, 0.15) is 34.1 Å². The fraction of sp³-hybridized carbons (Fsp3) is 0.650. The average molecular weight is 411 g/mol. The molecule has 1 aromatic rings. The smallest absolute Gasteiger partial charge is 0.241 e. The molecule has 0 saturated carbocycles. The molecule has 8 heteroatoms. The van der Waals surface area contributed by atoms with Gasteiger partial charge in [0, 0.05) is 19.2 Å². The number of carbonyl (C=O) groups excluding carboxylic acids is 1. The lowest BCUT2D eigenvalue weighted by molar-refractivity contribution is -0.136. The van der Waals surface area contributed by atoms with Gasteiger partial charge in [-0.3, -0.25) is 4.79 Å². The van der Waals surface area contributed by atoms with Gasteiger partial charge >= 0.3 is 0 Å². The molecule has 0 unspecified atom stereocenters. The molecule has 3 atom stereocenters. The molecule has 2 aliphatic rings. The summed E-state index contributed by atoms with van der Waals surface area (Å²) in [7, 11) is -3.88. The van der Waals surface area contributed by atoms with Crippen LogP contribution in [0.3, 0.4) is 0 Å². The van der Waals surface area contributed by atoms with Crippen molar-refractivity contribution in [3.8, 4) is 11.5 Å². The SMILES string of the molecule is CC(C)[C@@H](NS(=O)(=O)c1ccc2c(c1)OCCO2)C(=O)N1C[C@H](C)C[C@@H](C)C1. The van der Waals surface area contributed by atoms with Crippen molar-refractivity contribution < 1.29 is 22.7 Å². The van der Waals surface area contributed by atoms with E-state index >= 15 is 0 Å². The number of carbonyl (C=O) groups is 1. The molecule has 2 aliphatic heterocycles. The van der Waals surface area contributed by atoms with Crippen LogP contribution in [0.4, 0.5) is 0 Å². The predicted octanol–water partition coefficient (Wildman–Crippen LogP) is 2.27. The van der Waals surface area contributed by atoms with Crippen LogP contribution in [0.15, 0.2) is 23.1 Å². The number of hydrogen-bond donors (Lipinski definition) is 1. The van der Waals surface area contributed by atoms with E-state index in [4.69, 9.17) is 9.47 Å². The molecule has 1 amide bonds. The van der Waals surface area contributed by atoms with E-state index in [1.54, 1.807) is 11.0 Å². The zero-order valence-corrected chi connectivity index (χ0v) is 17.8. The van der Waals surface area contributed by atoms with Crippen LogP contribution >= 0.6 is 0 Å². The van der Waals surface area contributed by atoms with Gasteiger partial charge in [-0.25, -0.2) is 8.42 Å². The highest BCUT2D eigenvalue weighted by molar-refractivity contribution is 7.89. The molecular weight excluding hydrogens is 380 g/mol. The van der Waals surface area contributed by atoms with Crippen LogP contribution in [-0.4, -0.2) is 51.6 Å². The summed E-state index contributed by atoms with van der Waals surface area (Å²) in [6.07, 6.45) is 1.08.